The van der Waals surface area contributed by atoms with Gasteiger partial charge in [0.1, 0.15) is 5.01 Å². The molecule has 0 aliphatic rings. The summed E-state index contributed by atoms with van der Waals surface area (Å²) in [5, 5.41) is 8.64. The van der Waals surface area contributed by atoms with E-state index in [1.54, 1.807) is 0 Å². The standard InChI is InChI=1S/C9H6BrClN2S/c1-5-6(3-2-4-7(5)10)8-12-13-9(11)14-8/h2-4H,1H3. The van der Waals surface area contributed by atoms with Crippen molar-refractivity contribution in [3.05, 3.63) is 32.7 Å². The summed E-state index contributed by atoms with van der Waals surface area (Å²) < 4.78 is 1.54. The van der Waals surface area contributed by atoms with Crippen LogP contribution < -0.4 is 0 Å². The van der Waals surface area contributed by atoms with E-state index < -0.39 is 0 Å². The topological polar surface area (TPSA) is 25.8 Å². The van der Waals surface area contributed by atoms with E-state index in [0.29, 0.717) is 4.47 Å². The lowest BCUT2D eigenvalue weighted by Gasteiger charge is -2.02. The maximum Gasteiger partial charge on any atom is 0.207 e. The molecule has 5 heteroatoms. The lowest BCUT2D eigenvalue weighted by Crippen LogP contribution is -1.83. The van der Waals surface area contributed by atoms with Gasteiger partial charge >= 0.3 is 0 Å². The van der Waals surface area contributed by atoms with Crippen LogP contribution in [0.1, 0.15) is 5.56 Å². The maximum atomic E-state index is 5.74. The van der Waals surface area contributed by atoms with E-state index in [2.05, 4.69) is 26.1 Å². The smallest absolute Gasteiger partial charge is 0.137 e. The highest BCUT2D eigenvalue weighted by molar-refractivity contribution is 9.10. The Bertz CT molecular complexity index is 470. The number of aromatic nitrogens is 2. The van der Waals surface area contributed by atoms with E-state index in [4.69, 9.17) is 11.6 Å². The molecular weight excluding hydrogens is 284 g/mol. The van der Waals surface area contributed by atoms with E-state index in [0.717, 1.165) is 20.6 Å². The number of hydrogen-bond donors (Lipinski definition) is 0. The van der Waals surface area contributed by atoms with Crippen molar-refractivity contribution in [2.24, 2.45) is 0 Å². The molecule has 0 saturated carbocycles. The number of rotatable bonds is 1. The molecule has 0 spiro atoms. The first-order valence-electron chi connectivity index (χ1n) is 3.93. The summed E-state index contributed by atoms with van der Waals surface area (Å²) in [7, 11) is 0. The molecule has 2 nitrogen and oxygen atoms in total. The van der Waals surface area contributed by atoms with Gasteiger partial charge in [-0.25, -0.2) is 0 Å². The van der Waals surface area contributed by atoms with Gasteiger partial charge in [0.2, 0.25) is 4.47 Å². The molecular formula is C9H6BrClN2S. The number of benzene rings is 1. The van der Waals surface area contributed by atoms with Crippen molar-refractivity contribution in [3.8, 4) is 10.6 Å². The van der Waals surface area contributed by atoms with Gasteiger partial charge in [0.05, 0.1) is 0 Å². The number of halogens is 2. The van der Waals surface area contributed by atoms with E-state index in [1.165, 1.54) is 11.3 Å². The van der Waals surface area contributed by atoms with E-state index in [1.807, 2.05) is 25.1 Å². The highest BCUT2D eigenvalue weighted by Crippen LogP contribution is 2.31. The predicted octanol–water partition coefficient (Wildman–Crippen LogP) is 3.93. The summed E-state index contributed by atoms with van der Waals surface area (Å²) >= 11 is 10.6. The van der Waals surface area contributed by atoms with Crippen molar-refractivity contribution in [1.82, 2.24) is 10.2 Å². The van der Waals surface area contributed by atoms with Gasteiger partial charge in [0, 0.05) is 10.0 Å². The second kappa shape index (κ2) is 3.96. The maximum absolute atomic E-state index is 5.74. The van der Waals surface area contributed by atoms with Gasteiger partial charge in [-0.15, -0.1) is 10.2 Å². The van der Waals surface area contributed by atoms with Crippen LogP contribution in [-0.4, -0.2) is 10.2 Å². The molecule has 0 N–H and O–H groups in total. The molecule has 0 atom stereocenters. The molecule has 72 valence electrons. The molecule has 0 amide bonds. The van der Waals surface area contributed by atoms with Gasteiger partial charge in [0.25, 0.3) is 0 Å². The number of nitrogens with zero attached hydrogens (tertiary/aromatic N) is 2. The van der Waals surface area contributed by atoms with Crippen LogP contribution in [0.3, 0.4) is 0 Å². The van der Waals surface area contributed by atoms with Gasteiger partial charge in [-0.2, -0.15) is 0 Å². The quantitative estimate of drug-likeness (QED) is 0.795. The second-order valence-electron chi connectivity index (χ2n) is 2.77. The van der Waals surface area contributed by atoms with Crippen LogP contribution in [0.15, 0.2) is 22.7 Å². The molecule has 0 radical (unpaired) electrons. The Labute approximate surface area is 99.1 Å². The van der Waals surface area contributed by atoms with Gasteiger partial charge in [-0.3, -0.25) is 0 Å². The molecule has 14 heavy (non-hydrogen) atoms. The highest BCUT2D eigenvalue weighted by atomic mass is 79.9. The fraction of sp³-hybridized carbons (Fsp3) is 0.111. The van der Waals surface area contributed by atoms with Crippen molar-refractivity contribution in [2.45, 2.75) is 6.92 Å². The molecule has 0 fully saturated rings. The fourth-order valence-corrected chi connectivity index (χ4v) is 2.43. The van der Waals surface area contributed by atoms with Crippen LogP contribution in [0, 0.1) is 6.92 Å². The van der Waals surface area contributed by atoms with Gasteiger partial charge in [-0.05, 0) is 30.2 Å². The van der Waals surface area contributed by atoms with Crippen LogP contribution in [0.25, 0.3) is 10.6 Å². The summed E-state index contributed by atoms with van der Waals surface area (Å²) in [5.74, 6) is 0. The van der Waals surface area contributed by atoms with Crippen molar-refractivity contribution in [3.63, 3.8) is 0 Å². The van der Waals surface area contributed by atoms with Crippen molar-refractivity contribution in [2.75, 3.05) is 0 Å². The molecule has 1 aromatic heterocycles. The van der Waals surface area contributed by atoms with E-state index >= 15 is 0 Å². The van der Waals surface area contributed by atoms with Crippen LogP contribution in [0.5, 0.6) is 0 Å². The third-order valence-corrected chi connectivity index (χ3v) is 3.81. The first kappa shape index (κ1) is 10.1. The van der Waals surface area contributed by atoms with E-state index in [-0.39, 0.29) is 0 Å². The summed E-state index contributed by atoms with van der Waals surface area (Å²) in [4.78, 5) is 0. The fourth-order valence-electron chi connectivity index (χ4n) is 1.15. The summed E-state index contributed by atoms with van der Waals surface area (Å²) in [6.07, 6.45) is 0. The molecule has 1 heterocycles. The van der Waals surface area contributed by atoms with E-state index in [9.17, 15) is 0 Å². The minimum atomic E-state index is 0.472. The Hall–Kier alpha value is -0.450. The highest BCUT2D eigenvalue weighted by Gasteiger charge is 2.08. The zero-order valence-electron chi connectivity index (χ0n) is 7.29. The first-order chi connectivity index (χ1) is 6.68. The average molecular weight is 290 g/mol. The molecule has 0 bridgehead atoms. The van der Waals surface area contributed by atoms with Crippen molar-refractivity contribution in [1.29, 1.82) is 0 Å². The molecule has 0 aliphatic heterocycles. The molecule has 0 saturated heterocycles. The minimum Gasteiger partial charge on any atom is -0.137 e. The van der Waals surface area contributed by atoms with Crippen LogP contribution >= 0.6 is 38.9 Å². The van der Waals surface area contributed by atoms with Crippen molar-refractivity contribution < 1.29 is 0 Å². The average Bonchev–Trinajstić information content (AvgIpc) is 2.57. The molecule has 2 rings (SSSR count). The van der Waals surface area contributed by atoms with Crippen LogP contribution in [-0.2, 0) is 0 Å². The van der Waals surface area contributed by atoms with Gasteiger partial charge in [0.15, 0.2) is 0 Å². The third-order valence-electron chi connectivity index (χ3n) is 1.90. The van der Waals surface area contributed by atoms with Crippen molar-refractivity contribution >= 4 is 38.9 Å². The monoisotopic (exact) mass is 288 g/mol. The van der Waals surface area contributed by atoms with Crippen LogP contribution in [0.2, 0.25) is 4.47 Å². The lowest BCUT2D eigenvalue weighted by molar-refractivity contribution is 1.09. The Morgan fingerprint density at radius 1 is 1.36 bits per heavy atom. The predicted molar refractivity (Wildman–Crippen MR) is 62.8 cm³/mol. The second-order valence-corrected chi connectivity index (χ2v) is 5.19. The Kier molecular flexibility index (Phi) is 2.85. The molecule has 2 aromatic rings. The normalized spacial score (nSPS) is 10.5. The number of hydrogen-bond acceptors (Lipinski definition) is 3. The Morgan fingerprint density at radius 2 is 2.14 bits per heavy atom. The third kappa shape index (κ3) is 1.82. The van der Waals surface area contributed by atoms with Gasteiger partial charge in [-0.1, -0.05) is 39.4 Å². The Morgan fingerprint density at radius 3 is 2.79 bits per heavy atom. The van der Waals surface area contributed by atoms with Gasteiger partial charge < -0.3 is 0 Å². The molecule has 0 unspecified atom stereocenters. The Balaban J connectivity index is 2.57. The minimum absolute atomic E-state index is 0.472. The zero-order valence-corrected chi connectivity index (χ0v) is 10.4. The largest absolute Gasteiger partial charge is 0.207 e. The summed E-state index contributed by atoms with van der Waals surface area (Å²) in [6, 6.07) is 5.99. The van der Waals surface area contributed by atoms with Crippen LogP contribution in [0.4, 0.5) is 0 Å². The SMILES string of the molecule is Cc1c(Br)cccc1-c1nnc(Cl)s1. The first-order valence-corrected chi connectivity index (χ1v) is 5.91. The summed E-state index contributed by atoms with van der Waals surface area (Å²) in [6.45, 7) is 2.04. The zero-order chi connectivity index (χ0) is 10.1. The molecule has 1 aromatic carbocycles. The summed E-state index contributed by atoms with van der Waals surface area (Å²) in [5.41, 5.74) is 2.23. The molecule has 0 aliphatic carbocycles. The lowest BCUT2D eigenvalue weighted by atomic mass is 10.1.